The molecule has 1 aromatic carbocycles. The van der Waals surface area contributed by atoms with Gasteiger partial charge >= 0.3 is 5.97 Å². The minimum atomic E-state index is -0.927. The molecule has 1 rings (SSSR count). The van der Waals surface area contributed by atoms with Crippen LogP contribution in [0.2, 0.25) is 0 Å². The maximum absolute atomic E-state index is 11.4. The fourth-order valence-electron chi connectivity index (χ4n) is 1.92. The molecular weight excluding hydrogens is 234 g/mol. The second-order valence-corrected chi connectivity index (χ2v) is 4.27. The summed E-state index contributed by atoms with van der Waals surface area (Å²) in [5, 5.41) is 9.31. The normalized spacial score (nSPS) is 12.3. The van der Waals surface area contributed by atoms with Crippen LogP contribution in [0.5, 0.6) is 11.5 Å². The summed E-state index contributed by atoms with van der Waals surface area (Å²) < 4.78 is 10.5. The van der Waals surface area contributed by atoms with Gasteiger partial charge < -0.3 is 14.6 Å². The van der Waals surface area contributed by atoms with Crippen LogP contribution in [0.3, 0.4) is 0 Å². The van der Waals surface area contributed by atoms with Crippen molar-refractivity contribution in [1.29, 1.82) is 0 Å². The van der Waals surface area contributed by atoms with Gasteiger partial charge in [-0.3, -0.25) is 9.69 Å². The molecule has 18 heavy (non-hydrogen) atoms. The summed E-state index contributed by atoms with van der Waals surface area (Å²) in [6.45, 7) is 1.89. The number of benzene rings is 1. The Hall–Kier alpha value is -1.75. The Morgan fingerprint density at radius 2 is 1.78 bits per heavy atom. The number of ether oxygens (including phenoxy) is 2. The summed E-state index contributed by atoms with van der Waals surface area (Å²) >= 11 is 0. The Balaban J connectivity index is 3.40. The molecule has 0 bridgehead atoms. The lowest BCUT2D eigenvalue weighted by Crippen LogP contribution is -2.27. The van der Waals surface area contributed by atoms with Gasteiger partial charge in [-0.15, -0.1) is 0 Å². The first kappa shape index (κ1) is 14.3. The zero-order chi connectivity index (χ0) is 13.9. The SMILES string of the molecule is COc1cc(C(C(=O)O)N(C)C)c(OC)cc1C. The second kappa shape index (κ2) is 5.73. The highest BCUT2D eigenvalue weighted by Crippen LogP contribution is 2.34. The highest BCUT2D eigenvalue weighted by molar-refractivity contribution is 5.77. The van der Waals surface area contributed by atoms with Crippen LogP contribution in [-0.2, 0) is 4.79 Å². The van der Waals surface area contributed by atoms with Gasteiger partial charge in [-0.2, -0.15) is 0 Å². The number of aliphatic carboxylic acids is 1. The molecule has 1 N–H and O–H groups in total. The number of carboxylic acids is 1. The summed E-state index contributed by atoms with van der Waals surface area (Å²) in [5.41, 5.74) is 1.48. The van der Waals surface area contributed by atoms with Crippen LogP contribution in [0.25, 0.3) is 0 Å². The Kier molecular flexibility index (Phi) is 4.55. The van der Waals surface area contributed by atoms with Crippen molar-refractivity contribution in [2.24, 2.45) is 0 Å². The van der Waals surface area contributed by atoms with Crippen LogP contribution in [0.4, 0.5) is 0 Å². The van der Waals surface area contributed by atoms with E-state index in [4.69, 9.17) is 9.47 Å². The van der Waals surface area contributed by atoms with Gasteiger partial charge in [-0.1, -0.05) is 0 Å². The van der Waals surface area contributed by atoms with Gasteiger partial charge in [-0.05, 0) is 38.7 Å². The molecule has 0 radical (unpaired) electrons. The van der Waals surface area contributed by atoms with Crippen molar-refractivity contribution in [2.45, 2.75) is 13.0 Å². The molecular formula is C13H19NO4. The summed E-state index contributed by atoms with van der Waals surface area (Å²) in [4.78, 5) is 13.0. The lowest BCUT2D eigenvalue weighted by molar-refractivity contribution is -0.142. The smallest absolute Gasteiger partial charge is 0.325 e. The molecule has 0 aliphatic heterocycles. The number of hydrogen-bond donors (Lipinski definition) is 1. The number of hydrogen-bond acceptors (Lipinski definition) is 4. The van der Waals surface area contributed by atoms with Gasteiger partial charge in [-0.25, -0.2) is 0 Å². The lowest BCUT2D eigenvalue weighted by atomic mass is 10.0. The molecule has 0 fully saturated rings. The molecule has 1 aromatic rings. The molecule has 1 unspecified atom stereocenters. The van der Waals surface area contributed by atoms with E-state index in [2.05, 4.69) is 0 Å². The van der Waals surface area contributed by atoms with E-state index in [0.717, 1.165) is 5.56 Å². The van der Waals surface area contributed by atoms with E-state index in [1.54, 1.807) is 38.2 Å². The molecule has 100 valence electrons. The van der Waals surface area contributed by atoms with E-state index in [1.807, 2.05) is 6.92 Å². The highest BCUT2D eigenvalue weighted by Gasteiger charge is 2.26. The van der Waals surface area contributed by atoms with E-state index in [-0.39, 0.29) is 0 Å². The number of aryl methyl sites for hydroxylation is 1. The third kappa shape index (κ3) is 2.73. The van der Waals surface area contributed by atoms with Crippen molar-refractivity contribution in [2.75, 3.05) is 28.3 Å². The molecule has 0 spiro atoms. The number of carboxylic acid groups (broad SMARTS) is 1. The molecule has 0 aromatic heterocycles. The summed E-state index contributed by atoms with van der Waals surface area (Å²) in [6.07, 6.45) is 0. The summed E-state index contributed by atoms with van der Waals surface area (Å²) in [7, 11) is 6.51. The first-order chi connectivity index (χ1) is 8.42. The average Bonchev–Trinajstić information content (AvgIpc) is 2.29. The van der Waals surface area contributed by atoms with Gasteiger partial charge in [0, 0.05) is 5.56 Å². The van der Waals surface area contributed by atoms with Gasteiger partial charge in [0.1, 0.15) is 17.5 Å². The Labute approximate surface area is 107 Å². The average molecular weight is 253 g/mol. The van der Waals surface area contributed by atoms with Crippen LogP contribution in [-0.4, -0.2) is 44.3 Å². The first-order valence-electron chi connectivity index (χ1n) is 5.54. The number of methoxy groups -OCH3 is 2. The van der Waals surface area contributed by atoms with Crippen molar-refractivity contribution < 1.29 is 19.4 Å². The number of rotatable bonds is 5. The zero-order valence-electron chi connectivity index (χ0n) is 11.4. The third-order valence-electron chi connectivity index (χ3n) is 2.79. The highest BCUT2D eigenvalue weighted by atomic mass is 16.5. The number of likely N-dealkylation sites (N-methyl/N-ethyl adjacent to an activating group) is 1. The molecule has 0 saturated carbocycles. The van der Waals surface area contributed by atoms with Crippen LogP contribution in [0.1, 0.15) is 17.2 Å². The minimum Gasteiger partial charge on any atom is -0.496 e. The maximum Gasteiger partial charge on any atom is 0.325 e. The maximum atomic E-state index is 11.4. The third-order valence-corrected chi connectivity index (χ3v) is 2.79. The molecule has 1 atom stereocenters. The Morgan fingerprint density at radius 1 is 1.22 bits per heavy atom. The van der Waals surface area contributed by atoms with Crippen molar-refractivity contribution in [3.05, 3.63) is 23.3 Å². The summed E-state index contributed by atoms with van der Waals surface area (Å²) in [5.74, 6) is 0.275. The van der Waals surface area contributed by atoms with Gasteiger partial charge in [0.2, 0.25) is 0 Å². The standard InChI is InChI=1S/C13H19NO4/c1-8-6-11(18-5)9(7-10(8)17-4)12(13(15)16)14(2)3/h6-7,12H,1-5H3,(H,15,16). The second-order valence-electron chi connectivity index (χ2n) is 4.27. The molecule has 0 amide bonds. The van der Waals surface area contributed by atoms with E-state index in [9.17, 15) is 9.90 Å². The van der Waals surface area contributed by atoms with Crippen LogP contribution in [0.15, 0.2) is 12.1 Å². The molecule has 0 saturated heterocycles. The quantitative estimate of drug-likeness (QED) is 0.865. The van der Waals surface area contributed by atoms with Crippen molar-refractivity contribution in [1.82, 2.24) is 4.90 Å². The molecule has 0 aliphatic rings. The fraction of sp³-hybridized carbons (Fsp3) is 0.462. The number of carbonyl (C=O) groups is 1. The van der Waals surface area contributed by atoms with Crippen LogP contribution in [0, 0.1) is 6.92 Å². The fourth-order valence-corrected chi connectivity index (χ4v) is 1.92. The molecule has 0 heterocycles. The van der Waals surface area contributed by atoms with E-state index < -0.39 is 12.0 Å². The Morgan fingerprint density at radius 3 is 2.17 bits per heavy atom. The van der Waals surface area contributed by atoms with Gasteiger partial charge in [0.05, 0.1) is 14.2 Å². The van der Waals surface area contributed by atoms with Gasteiger partial charge in [0.15, 0.2) is 0 Å². The predicted molar refractivity (Wildman–Crippen MR) is 68.3 cm³/mol. The topological polar surface area (TPSA) is 59.0 Å². The largest absolute Gasteiger partial charge is 0.496 e. The Bertz CT molecular complexity index is 443. The minimum absolute atomic E-state index is 0.550. The van der Waals surface area contributed by atoms with E-state index >= 15 is 0 Å². The monoisotopic (exact) mass is 253 g/mol. The first-order valence-corrected chi connectivity index (χ1v) is 5.54. The van der Waals surface area contributed by atoms with E-state index in [0.29, 0.717) is 17.1 Å². The van der Waals surface area contributed by atoms with Gasteiger partial charge in [0.25, 0.3) is 0 Å². The summed E-state index contributed by atoms with van der Waals surface area (Å²) in [6, 6.07) is 2.73. The van der Waals surface area contributed by atoms with Crippen LogP contribution < -0.4 is 9.47 Å². The predicted octanol–water partition coefficient (Wildman–Crippen LogP) is 1.70. The van der Waals surface area contributed by atoms with Crippen LogP contribution >= 0.6 is 0 Å². The van der Waals surface area contributed by atoms with E-state index in [1.165, 1.54) is 7.11 Å². The molecule has 5 heteroatoms. The lowest BCUT2D eigenvalue weighted by Gasteiger charge is -2.23. The van der Waals surface area contributed by atoms with Crippen molar-refractivity contribution >= 4 is 5.97 Å². The zero-order valence-corrected chi connectivity index (χ0v) is 11.4. The van der Waals surface area contributed by atoms with Crippen molar-refractivity contribution in [3.8, 4) is 11.5 Å². The molecule has 5 nitrogen and oxygen atoms in total. The molecule has 0 aliphatic carbocycles. The van der Waals surface area contributed by atoms with Crippen molar-refractivity contribution in [3.63, 3.8) is 0 Å². The number of nitrogens with zero attached hydrogens (tertiary/aromatic N) is 1.